The van der Waals surface area contributed by atoms with E-state index in [4.69, 9.17) is 0 Å². The van der Waals surface area contributed by atoms with Gasteiger partial charge in [0.1, 0.15) is 12.7 Å². The highest BCUT2D eigenvalue weighted by Gasteiger charge is 2.35. The summed E-state index contributed by atoms with van der Waals surface area (Å²) in [7, 11) is 0. The molecule has 2 aromatic rings. The van der Waals surface area contributed by atoms with Crippen molar-refractivity contribution in [3.8, 4) is 0 Å². The number of hydrogen-bond acceptors (Lipinski definition) is 4. The van der Waals surface area contributed by atoms with Crippen LogP contribution in [0.5, 0.6) is 0 Å². The first-order chi connectivity index (χ1) is 11.0. The van der Waals surface area contributed by atoms with Crippen molar-refractivity contribution in [3.63, 3.8) is 0 Å². The van der Waals surface area contributed by atoms with Crippen molar-refractivity contribution < 1.29 is 0 Å². The molecule has 1 aliphatic heterocycles. The van der Waals surface area contributed by atoms with E-state index in [0.717, 1.165) is 18.5 Å². The molecule has 0 spiro atoms. The van der Waals surface area contributed by atoms with Crippen LogP contribution in [0.1, 0.15) is 57.6 Å². The highest BCUT2D eigenvalue weighted by Crippen LogP contribution is 2.43. The maximum absolute atomic E-state index is 4.35. The van der Waals surface area contributed by atoms with Crippen LogP contribution in [-0.2, 0) is 0 Å². The highest BCUT2D eigenvalue weighted by molar-refractivity contribution is 5.81. The lowest BCUT2D eigenvalue weighted by Gasteiger charge is -2.47. The lowest BCUT2D eigenvalue weighted by Crippen LogP contribution is -2.48. The van der Waals surface area contributed by atoms with Gasteiger partial charge < -0.3 is 4.90 Å². The zero-order valence-corrected chi connectivity index (χ0v) is 14.4. The number of rotatable bonds is 4. The minimum absolute atomic E-state index is 0.209. The van der Waals surface area contributed by atoms with Gasteiger partial charge in [0.05, 0.1) is 6.21 Å². The molecule has 3 rings (SSSR count). The molecule has 1 aliphatic rings. The molecule has 1 atom stereocenters. The van der Waals surface area contributed by atoms with Crippen LogP contribution in [0.4, 0.5) is 5.69 Å². The molecule has 0 radical (unpaired) electrons. The number of benzene rings is 1. The van der Waals surface area contributed by atoms with Crippen molar-refractivity contribution in [2.75, 3.05) is 11.4 Å². The number of anilines is 1. The van der Waals surface area contributed by atoms with Crippen LogP contribution in [0, 0.1) is 0 Å². The summed E-state index contributed by atoms with van der Waals surface area (Å²) in [6.07, 6.45) is 7.37. The zero-order chi connectivity index (χ0) is 16.4. The van der Waals surface area contributed by atoms with E-state index in [-0.39, 0.29) is 5.54 Å². The van der Waals surface area contributed by atoms with Crippen molar-refractivity contribution in [1.29, 1.82) is 0 Å². The van der Waals surface area contributed by atoms with Gasteiger partial charge in [-0.2, -0.15) is 5.10 Å². The SMILES string of the molecule is CCCN1c2ccc(/C=N\n3cnnc3)cc2C(C)CC1(C)C. The molecule has 0 aliphatic carbocycles. The number of fused-ring (bicyclic) bond motifs is 1. The van der Waals surface area contributed by atoms with E-state index in [1.54, 1.807) is 17.3 Å². The Bertz CT molecular complexity index is 687. The number of hydrogen-bond donors (Lipinski definition) is 0. The molecule has 0 fully saturated rings. The monoisotopic (exact) mass is 311 g/mol. The summed E-state index contributed by atoms with van der Waals surface area (Å²) in [4.78, 5) is 2.56. The normalized spacial score (nSPS) is 20.0. The van der Waals surface area contributed by atoms with Crippen LogP contribution in [0.2, 0.25) is 0 Å². The van der Waals surface area contributed by atoms with Crippen molar-refractivity contribution in [3.05, 3.63) is 42.0 Å². The zero-order valence-electron chi connectivity index (χ0n) is 14.4. The van der Waals surface area contributed by atoms with Gasteiger partial charge in [0.2, 0.25) is 0 Å². The van der Waals surface area contributed by atoms with E-state index in [2.05, 4.69) is 66.1 Å². The Morgan fingerprint density at radius 3 is 2.74 bits per heavy atom. The summed E-state index contributed by atoms with van der Waals surface area (Å²) in [5, 5.41) is 11.9. The molecule has 0 saturated carbocycles. The van der Waals surface area contributed by atoms with Crippen LogP contribution in [0.25, 0.3) is 0 Å². The third-order valence-corrected chi connectivity index (χ3v) is 4.60. The number of aromatic nitrogens is 3. The Balaban J connectivity index is 1.94. The second kappa shape index (κ2) is 6.14. The molecule has 5 heteroatoms. The van der Waals surface area contributed by atoms with Crippen LogP contribution in [0.3, 0.4) is 0 Å². The van der Waals surface area contributed by atoms with Gasteiger partial charge in [0, 0.05) is 17.8 Å². The first-order valence-electron chi connectivity index (χ1n) is 8.32. The molecule has 0 N–H and O–H groups in total. The first-order valence-corrected chi connectivity index (χ1v) is 8.32. The minimum Gasteiger partial charge on any atom is -0.366 e. The van der Waals surface area contributed by atoms with Crippen LogP contribution < -0.4 is 4.90 Å². The molecule has 0 bridgehead atoms. The summed E-state index contributed by atoms with van der Waals surface area (Å²) in [5.74, 6) is 0.552. The van der Waals surface area contributed by atoms with Gasteiger partial charge in [0.15, 0.2) is 0 Å². The maximum atomic E-state index is 4.35. The summed E-state index contributed by atoms with van der Waals surface area (Å²) < 4.78 is 1.61. The largest absolute Gasteiger partial charge is 0.366 e. The molecular formula is C18H25N5. The van der Waals surface area contributed by atoms with Crippen molar-refractivity contribution in [2.24, 2.45) is 5.10 Å². The fourth-order valence-corrected chi connectivity index (χ4v) is 3.62. The standard InChI is InChI=1S/C18H25N5/c1-5-8-23-17-7-6-15(11-21-22-12-19-20-13-22)9-16(17)14(2)10-18(23,3)4/h6-7,9,11-14H,5,8,10H2,1-4H3/b21-11-. The summed E-state index contributed by atoms with van der Waals surface area (Å²) in [6.45, 7) is 10.4. The average molecular weight is 311 g/mol. The lowest BCUT2D eigenvalue weighted by molar-refractivity contribution is 0.376. The predicted molar refractivity (Wildman–Crippen MR) is 94.2 cm³/mol. The Morgan fingerprint density at radius 1 is 1.30 bits per heavy atom. The summed E-state index contributed by atoms with van der Waals surface area (Å²) >= 11 is 0. The van der Waals surface area contributed by atoms with Gasteiger partial charge in [-0.1, -0.05) is 19.9 Å². The van der Waals surface area contributed by atoms with E-state index in [1.165, 1.54) is 17.7 Å². The second-order valence-corrected chi connectivity index (χ2v) is 6.97. The van der Waals surface area contributed by atoms with E-state index in [1.807, 2.05) is 6.21 Å². The van der Waals surface area contributed by atoms with E-state index >= 15 is 0 Å². The van der Waals surface area contributed by atoms with E-state index < -0.39 is 0 Å². The quantitative estimate of drug-likeness (QED) is 0.810. The molecule has 5 nitrogen and oxygen atoms in total. The van der Waals surface area contributed by atoms with Crippen molar-refractivity contribution >= 4 is 11.9 Å². The number of nitrogens with zero attached hydrogens (tertiary/aromatic N) is 5. The summed E-state index contributed by atoms with van der Waals surface area (Å²) in [5.41, 5.74) is 4.11. The Kier molecular flexibility index (Phi) is 4.20. The maximum Gasteiger partial charge on any atom is 0.141 e. The molecular weight excluding hydrogens is 286 g/mol. The van der Waals surface area contributed by atoms with Gasteiger partial charge in [-0.3, -0.25) is 0 Å². The molecule has 1 aromatic carbocycles. The second-order valence-electron chi connectivity index (χ2n) is 6.97. The van der Waals surface area contributed by atoms with E-state index in [0.29, 0.717) is 5.92 Å². The topological polar surface area (TPSA) is 46.3 Å². The molecule has 0 amide bonds. The Hall–Kier alpha value is -2.17. The van der Waals surface area contributed by atoms with Crippen LogP contribution in [-0.4, -0.2) is 33.2 Å². The predicted octanol–water partition coefficient (Wildman–Crippen LogP) is 3.66. The van der Waals surface area contributed by atoms with Gasteiger partial charge in [0.25, 0.3) is 0 Å². The fourth-order valence-electron chi connectivity index (χ4n) is 3.62. The van der Waals surface area contributed by atoms with Crippen LogP contribution in [0.15, 0.2) is 36.0 Å². The third-order valence-electron chi connectivity index (χ3n) is 4.60. The minimum atomic E-state index is 0.209. The van der Waals surface area contributed by atoms with Crippen LogP contribution >= 0.6 is 0 Å². The molecule has 122 valence electrons. The summed E-state index contributed by atoms with van der Waals surface area (Å²) in [6, 6.07) is 6.66. The fraction of sp³-hybridized carbons (Fsp3) is 0.500. The van der Waals surface area contributed by atoms with Gasteiger partial charge in [-0.15, -0.1) is 10.2 Å². The molecule has 23 heavy (non-hydrogen) atoms. The van der Waals surface area contributed by atoms with Crippen molar-refractivity contribution in [2.45, 2.75) is 52.0 Å². The molecule has 2 heterocycles. The molecule has 1 unspecified atom stereocenters. The molecule has 1 aromatic heterocycles. The van der Waals surface area contributed by atoms with Gasteiger partial charge in [-0.25, -0.2) is 4.68 Å². The average Bonchev–Trinajstić information content (AvgIpc) is 3.02. The van der Waals surface area contributed by atoms with Gasteiger partial charge >= 0.3 is 0 Å². The molecule has 0 saturated heterocycles. The van der Waals surface area contributed by atoms with E-state index in [9.17, 15) is 0 Å². The lowest BCUT2D eigenvalue weighted by atomic mass is 9.79. The third kappa shape index (κ3) is 3.14. The van der Waals surface area contributed by atoms with Gasteiger partial charge in [-0.05, 0) is 55.9 Å². The van der Waals surface area contributed by atoms with Crippen molar-refractivity contribution in [1.82, 2.24) is 14.9 Å². The Labute approximate surface area is 138 Å². The smallest absolute Gasteiger partial charge is 0.141 e. The first kappa shape index (κ1) is 15.7. The Morgan fingerprint density at radius 2 is 2.04 bits per heavy atom. The highest BCUT2D eigenvalue weighted by atomic mass is 15.4.